The summed E-state index contributed by atoms with van der Waals surface area (Å²) in [5.74, 6) is 0.210. The fraction of sp³-hybridized carbons (Fsp3) is 0.167. The lowest BCUT2D eigenvalue weighted by Gasteiger charge is -2.19. The number of rotatable bonds is 4. The number of hydrogen-bond acceptors (Lipinski definition) is 2. The molecule has 0 bridgehead atoms. The summed E-state index contributed by atoms with van der Waals surface area (Å²) in [5, 5.41) is 0.895. The average molecular weight is 454 g/mol. The van der Waals surface area contributed by atoms with Crippen LogP contribution in [0.5, 0.6) is 0 Å². The minimum absolute atomic E-state index is 0.0133. The number of imidazole rings is 1. The molecule has 0 radical (unpaired) electrons. The Bertz CT molecular complexity index is 1280. The molecule has 0 saturated carbocycles. The smallest absolute Gasteiger partial charge is 0.227 e. The molecule has 0 N–H and O–H groups in total. The van der Waals surface area contributed by atoms with Crippen LogP contribution in [0.15, 0.2) is 66.7 Å². The predicted octanol–water partition coefficient (Wildman–Crippen LogP) is 6.05. The Hall–Kier alpha value is -2.89. The summed E-state index contributed by atoms with van der Waals surface area (Å²) < 4.78 is 16.5. The van der Waals surface area contributed by atoms with Crippen molar-refractivity contribution >= 4 is 45.8 Å². The molecule has 1 fully saturated rings. The van der Waals surface area contributed by atoms with Crippen LogP contribution in [0.3, 0.4) is 0 Å². The van der Waals surface area contributed by atoms with Gasteiger partial charge in [-0.2, -0.15) is 0 Å². The lowest BCUT2D eigenvalue weighted by Crippen LogP contribution is -2.24. The molecule has 4 nitrogen and oxygen atoms in total. The van der Waals surface area contributed by atoms with Gasteiger partial charge in [0.05, 0.1) is 28.3 Å². The second-order valence-electron chi connectivity index (χ2n) is 7.60. The van der Waals surface area contributed by atoms with Gasteiger partial charge in [0.15, 0.2) is 0 Å². The van der Waals surface area contributed by atoms with Gasteiger partial charge in [0.25, 0.3) is 0 Å². The van der Waals surface area contributed by atoms with Crippen molar-refractivity contribution in [2.45, 2.75) is 18.9 Å². The highest BCUT2D eigenvalue weighted by Gasteiger charge is 2.35. The number of carbonyl (C=O) groups is 1. The summed E-state index contributed by atoms with van der Waals surface area (Å²) in [4.78, 5) is 19.4. The maximum Gasteiger partial charge on any atom is 0.227 e. The Balaban J connectivity index is 1.57. The van der Waals surface area contributed by atoms with Crippen LogP contribution in [0.4, 0.5) is 10.1 Å². The molecule has 0 aliphatic carbocycles. The molecule has 5 rings (SSSR count). The maximum atomic E-state index is 14.5. The monoisotopic (exact) mass is 453 g/mol. The summed E-state index contributed by atoms with van der Waals surface area (Å²) in [6.07, 6.45) is 0.305. The summed E-state index contributed by atoms with van der Waals surface area (Å²) >= 11 is 12.6. The number of carbonyl (C=O) groups excluding carboxylic acids is 1. The van der Waals surface area contributed by atoms with Crippen molar-refractivity contribution in [1.82, 2.24) is 9.55 Å². The van der Waals surface area contributed by atoms with Crippen LogP contribution in [0.25, 0.3) is 11.0 Å². The zero-order chi connectivity index (χ0) is 21.5. The Morgan fingerprint density at radius 3 is 2.52 bits per heavy atom. The number of aromatic nitrogens is 2. The Morgan fingerprint density at radius 2 is 1.71 bits per heavy atom. The molecular formula is C24H18Cl2FN3O. The summed E-state index contributed by atoms with van der Waals surface area (Å²) in [6, 6.07) is 19.7. The third-order valence-corrected chi connectivity index (χ3v) is 6.37. The van der Waals surface area contributed by atoms with Crippen molar-refractivity contribution in [2.24, 2.45) is 0 Å². The third kappa shape index (κ3) is 3.58. The summed E-state index contributed by atoms with van der Waals surface area (Å²) in [7, 11) is 0. The molecule has 3 aromatic carbocycles. The van der Waals surface area contributed by atoms with E-state index in [1.54, 1.807) is 23.1 Å². The van der Waals surface area contributed by atoms with Gasteiger partial charge >= 0.3 is 0 Å². The third-order valence-electron chi connectivity index (χ3n) is 5.70. The van der Waals surface area contributed by atoms with Crippen LogP contribution in [0, 0.1) is 5.82 Å². The van der Waals surface area contributed by atoms with Gasteiger partial charge in [0.1, 0.15) is 11.6 Å². The second-order valence-corrected chi connectivity index (χ2v) is 8.42. The minimum atomic E-state index is -0.364. The van der Waals surface area contributed by atoms with Gasteiger partial charge in [-0.05, 0) is 36.4 Å². The number of nitrogens with zero attached hydrogens (tertiary/aromatic N) is 3. The number of benzene rings is 3. The van der Waals surface area contributed by atoms with Crippen molar-refractivity contribution < 1.29 is 9.18 Å². The van der Waals surface area contributed by atoms with Gasteiger partial charge in [-0.25, -0.2) is 9.37 Å². The first-order valence-electron chi connectivity index (χ1n) is 9.96. The summed E-state index contributed by atoms with van der Waals surface area (Å²) in [6.45, 7) is 0.690. The normalized spacial score (nSPS) is 16.4. The molecule has 1 saturated heterocycles. The molecule has 1 aliphatic rings. The Kier molecular flexibility index (Phi) is 5.16. The first-order chi connectivity index (χ1) is 15.0. The molecule has 156 valence electrons. The highest BCUT2D eigenvalue weighted by molar-refractivity contribution is 6.33. The highest BCUT2D eigenvalue weighted by Crippen LogP contribution is 2.36. The van der Waals surface area contributed by atoms with Crippen LogP contribution in [0.1, 0.15) is 23.7 Å². The quantitative estimate of drug-likeness (QED) is 0.377. The lowest BCUT2D eigenvalue weighted by atomic mass is 10.1. The predicted molar refractivity (Wildman–Crippen MR) is 121 cm³/mol. The zero-order valence-electron chi connectivity index (χ0n) is 16.4. The van der Waals surface area contributed by atoms with E-state index in [-0.39, 0.29) is 24.2 Å². The van der Waals surface area contributed by atoms with E-state index in [0.717, 1.165) is 16.9 Å². The number of hydrogen-bond donors (Lipinski definition) is 0. The van der Waals surface area contributed by atoms with E-state index in [2.05, 4.69) is 0 Å². The van der Waals surface area contributed by atoms with E-state index in [1.165, 1.54) is 6.07 Å². The van der Waals surface area contributed by atoms with Crippen molar-refractivity contribution in [1.29, 1.82) is 0 Å². The number of anilines is 1. The van der Waals surface area contributed by atoms with Crippen molar-refractivity contribution in [3.63, 3.8) is 0 Å². The second kappa shape index (κ2) is 7.98. The largest absolute Gasteiger partial charge is 0.323 e. The fourth-order valence-electron chi connectivity index (χ4n) is 4.20. The lowest BCUT2D eigenvalue weighted by molar-refractivity contribution is -0.117. The van der Waals surface area contributed by atoms with Gasteiger partial charge in [0.2, 0.25) is 5.91 Å². The molecule has 1 aliphatic heterocycles. The molecule has 1 unspecified atom stereocenters. The molecule has 2 heterocycles. The van der Waals surface area contributed by atoms with Crippen molar-refractivity contribution in [3.05, 3.63) is 94.0 Å². The molecule has 7 heteroatoms. The first kappa shape index (κ1) is 20.0. The Labute approximate surface area is 188 Å². The van der Waals surface area contributed by atoms with Crippen LogP contribution >= 0.6 is 23.2 Å². The van der Waals surface area contributed by atoms with Gasteiger partial charge in [-0.3, -0.25) is 4.79 Å². The first-order valence-corrected chi connectivity index (χ1v) is 10.7. The minimum Gasteiger partial charge on any atom is -0.323 e. The molecule has 1 amide bonds. The van der Waals surface area contributed by atoms with Crippen molar-refractivity contribution in [2.75, 3.05) is 11.4 Å². The molecular weight excluding hydrogens is 436 g/mol. The molecule has 0 spiro atoms. The van der Waals surface area contributed by atoms with Gasteiger partial charge in [0, 0.05) is 29.5 Å². The van der Waals surface area contributed by atoms with E-state index < -0.39 is 0 Å². The van der Waals surface area contributed by atoms with Crippen LogP contribution in [0.2, 0.25) is 10.0 Å². The average Bonchev–Trinajstić information content (AvgIpc) is 3.32. The van der Waals surface area contributed by atoms with Crippen LogP contribution in [-0.2, 0) is 11.3 Å². The van der Waals surface area contributed by atoms with Crippen LogP contribution in [-0.4, -0.2) is 22.0 Å². The molecule has 1 aromatic heterocycles. The topological polar surface area (TPSA) is 38.1 Å². The standard InChI is InChI=1S/C24H18Cl2FN3O/c25-17-7-5-8-19(27)16(17)14-30-22-11-4-2-9-20(22)28-24(30)15-12-23(31)29(13-15)21-10-3-1-6-18(21)26/h1-11,15H,12-14H2. The maximum absolute atomic E-state index is 14.5. The SMILES string of the molecule is O=C1CC(c2nc3ccccc3n2Cc2c(F)cccc2Cl)CN1c1ccccc1Cl. The van der Waals surface area contributed by atoms with Gasteiger partial charge in [-0.15, -0.1) is 0 Å². The molecule has 1 atom stereocenters. The highest BCUT2D eigenvalue weighted by atomic mass is 35.5. The fourth-order valence-corrected chi connectivity index (χ4v) is 4.66. The van der Waals surface area contributed by atoms with Gasteiger partial charge in [-0.1, -0.05) is 53.5 Å². The Morgan fingerprint density at radius 1 is 0.968 bits per heavy atom. The molecule has 31 heavy (non-hydrogen) atoms. The zero-order valence-corrected chi connectivity index (χ0v) is 17.9. The van der Waals surface area contributed by atoms with Crippen LogP contribution < -0.4 is 4.90 Å². The number of para-hydroxylation sites is 3. The van der Waals surface area contributed by atoms with Crippen molar-refractivity contribution in [3.8, 4) is 0 Å². The van der Waals surface area contributed by atoms with E-state index in [4.69, 9.17) is 28.2 Å². The van der Waals surface area contributed by atoms with E-state index >= 15 is 0 Å². The van der Waals surface area contributed by atoms with E-state index in [0.29, 0.717) is 34.3 Å². The summed E-state index contributed by atoms with van der Waals surface area (Å²) in [5.41, 5.74) is 2.77. The number of amides is 1. The number of halogens is 3. The van der Waals surface area contributed by atoms with Gasteiger partial charge < -0.3 is 9.47 Å². The van der Waals surface area contributed by atoms with E-state index in [1.807, 2.05) is 47.0 Å². The number of fused-ring (bicyclic) bond motifs is 1. The van der Waals surface area contributed by atoms with E-state index in [9.17, 15) is 9.18 Å². The molecule has 4 aromatic rings.